The third kappa shape index (κ3) is 15.8. The largest absolute Gasteiger partial charge is 0.444 e. The van der Waals surface area contributed by atoms with Gasteiger partial charge in [0, 0.05) is 74.1 Å². The first-order chi connectivity index (χ1) is 39.3. The Morgan fingerprint density at radius 1 is 0.634 bits per heavy atom. The van der Waals surface area contributed by atoms with Crippen LogP contribution in [-0.2, 0) is 28.4 Å². The highest BCUT2D eigenvalue weighted by Crippen LogP contribution is 2.28. The minimum Gasteiger partial charge on any atom is -0.444 e. The highest BCUT2D eigenvalue weighted by molar-refractivity contribution is 7.84. The quantitative estimate of drug-likeness (QED) is 0.0656. The zero-order valence-electron chi connectivity index (χ0n) is 47.8. The van der Waals surface area contributed by atoms with E-state index < -0.39 is 22.5 Å². The molecule has 21 nitrogen and oxygen atoms in total. The van der Waals surface area contributed by atoms with Crippen LogP contribution in [0.25, 0.3) is 33.8 Å². The maximum atomic E-state index is 11.8. The Hall–Kier alpha value is -9.12. The number of carbonyl (C=O) groups excluding carboxylic acids is 1. The summed E-state index contributed by atoms with van der Waals surface area (Å²) in [6.07, 6.45) is 9.12. The van der Waals surface area contributed by atoms with Gasteiger partial charge >= 0.3 is 6.09 Å². The number of benzene rings is 4. The number of hydrogen-bond acceptors (Lipinski definition) is 18. The zero-order valence-corrected chi connectivity index (χ0v) is 48.6. The lowest BCUT2D eigenvalue weighted by atomic mass is 10.0. The number of rotatable bonds is 16. The number of nitrogens with zero attached hydrogens (tertiary/aromatic N) is 14. The second-order valence-electron chi connectivity index (χ2n) is 20.8. The molecular weight excluding hydrogens is 1050 g/mol. The van der Waals surface area contributed by atoms with E-state index in [0.717, 1.165) is 46.5 Å². The van der Waals surface area contributed by atoms with E-state index in [4.69, 9.17) is 31.2 Å². The summed E-state index contributed by atoms with van der Waals surface area (Å²) in [4.78, 5) is 51.3. The lowest BCUT2D eigenvalue weighted by Crippen LogP contribution is -2.34. The van der Waals surface area contributed by atoms with Crippen molar-refractivity contribution in [2.24, 2.45) is 11.5 Å². The van der Waals surface area contributed by atoms with Gasteiger partial charge in [0.15, 0.2) is 11.3 Å². The summed E-state index contributed by atoms with van der Waals surface area (Å²) in [5.74, 6) is 2.96. The smallest absolute Gasteiger partial charge is 0.408 e. The van der Waals surface area contributed by atoms with Gasteiger partial charge in [-0.3, -0.25) is 14.0 Å². The summed E-state index contributed by atoms with van der Waals surface area (Å²) in [7, 11) is 2.46. The van der Waals surface area contributed by atoms with Gasteiger partial charge in [-0.05, 0) is 95.7 Å². The standard InChI is InChI=1S/C27H29N9.C17H15N7OS.C16H26N2O2/c1-18(14-20-8-7-11-22(15-20)19(2)28)32-26-29-13-12-24(34-26)35(3)27-33-23(21-9-5-4-6-10-21)16-25-30-17-31-36(25)27;1-23(14-8-9-18-16(22-14)26(2)25)17-21-13(12-6-4-3-5-7-12)10-15-19-11-20-24(15)17;1-11(17)9-13-7-6-8-14(10-13)12(2)18-15(19)20-16(3,4)5/h4-13,15-19H,14,28H2,1-3H3,(H,29,32,34);3-11H,1-2H3;6-8,10-12H,9,17H2,1-5H3,(H,18,19)/t18-,19+;;11-,12-/m0.0/s1. The Labute approximate surface area is 480 Å². The molecule has 6 N–H and O–H groups in total. The predicted octanol–water partition coefficient (Wildman–Crippen LogP) is 9.66. The van der Waals surface area contributed by atoms with Gasteiger partial charge in [-0.2, -0.15) is 24.2 Å². The minimum absolute atomic E-state index is 0.00854. The monoisotopic (exact) mass is 1120 g/mol. The van der Waals surface area contributed by atoms with Crippen molar-refractivity contribution >= 4 is 57.7 Å². The van der Waals surface area contributed by atoms with Gasteiger partial charge in [0.25, 0.3) is 0 Å². The van der Waals surface area contributed by atoms with Crippen molar-refractivity contribution in [3.05, 3.63) is 181 Å². The second-order valence-corrected chi connectivity index (χ2v) is 22.0. The summed E-state index contributed by atoms with van der Waals surface area (Å²) < 4.78 is 20.3. The van der Waals surface area contributed by atoms with Gasteiger partial charge in [0.2, 0.25) is 23.0 Å². The van der Waals surface area contributed by atoms with Crippen LogP contribution in [0.2, 0.25) is 0 Å². The fourth-order valence-corrected chi connectivity index (χ4v) is 9.03. The fourth-order valence-electron chi connectivity index (χ4n) is 8.60. The lowest BCUT2D eigenvalue weighted by molar-refractivity contribution is 0.0507. The minimum atomic E-state index is -1.27. The van der Waals surface area contributed by atoms with Gasteiger partial charge in [-0.1, -0.05) is 109 Å². The lowest BCUT2D eigenvalue weighted by Gasteiger charge is -2.22. The third-order valence-corrected chi connectivity index (χ3v) is 13.3. The predicted molar refractivity (Wildman–Crippen MR) is 322 cm³/mol. The molecule has 0 aliphatic rings. The van der Waals surface area contributed by atoms with Gasteiger partial charge in [0.05, 0.1) is 28.2 Å². The van der Waals surface area contributed by atoms with Gasteiger partial charge in [-0.25, -0.2) is 39.7 Å². The molecule has 1 amide bonds. The first kappa shape index (κ1) is 59.0. The van der Waals surface area contributed by atoms with Crippen molar-refractivity contribution in [3.63, 3.8) is 0 Å². The van der Waals surface area contributed by atoms with Crippen LogP contribution in [0.1, 0.15) is 82.8 Å². The number of nitrogens with two attached hydrogens (primary N) is 2. The van der Waals surface area contributed by atoms with Crippen molar-refractivity contribution < 1.29 is 13.7 Å². The van der Waals surface area contributed by atoms with E-state index in [-0.39, 0.29) is 29.3 Å². The van der Waals surface area contributed by atoms with Crippen LogP contribution in [0.3, 0.4) is 0 Å². The molecule has 0 saturated heterocycles. The van der Waals surface area contributed by atoms with Crippen LogP contribution in [0.5, 0.6) is 0 Å². The van der Waals surface area contributed by atoms with Crippen molar-refractivity contribution in [1.82, 2.24) is 64.4 Å². The molecule has 10 rings (SSSR count). The third-order valence-electron chi connectivity index (χ3n) is 12.6. The van der Waals surface area contributed by atoms with E-state index >= 15 is 0 Å². The Kier molecular flexibility index (Phi) is 19.4. The maximum absolute atomic E-state index is 11.8. The zero-order chi connectivity index (χ0) is 58.5. The Bertz CT molecular complexity index is 3740. The Morgan fingerprint density at radius 2 is 1.15 bits per heavy atom. The van der Waals surface area contributed by atoms with Crippen molar-refractivity contribution in [2.45, 2.75) is 96.2 Å². The van der Waals surface area contributed by atoms with Crippen molar-refractivity contribution in [3.8, 4) is 22.5 Å². The summed E-state index contributed by atoms with van der Waals surface area (Å²) in [6, 6.07) is 43.9. The summed E-state index contributed by atoms with van der Waals surface area (Å²) in [5, 5.41) is 15.2. The number of amides is 1. The molecule has 4 aromatic carbocycles. The molecule has 0 saturated carbocycles. The number of carbonyl (C=O) groups is 1. The normalized spacial score (nSPS) is 13.1. The first-order valence-electron chi connectivity index (χ1n) is 26.7. The molecule has 0 aliphatic carbocycles. The average Bonchev–Trinajstić information content (AvgIpc) is 4.01. The van der Waals surface area contributed by atoms with Crippen LogP contribution < -0.4 is 31.9 Å². The molecule has 1 unspecified atom stereocenters. The molecule has 0 aliphatic heterocycles. The number of aromatic nitrogens is 12. The Morgan fingerprint density at radius 3 is 1.67 bits per heavy atom. The van der Waals surface area contributed by atoms with Crippen LogP contribution in [-0.4, -0.2) is 107 Å². The number of fused-ring (bicyclic) bond motifs is 2. The maximum Gasteiger partial charge on any atom is 0.408 e. The molecule has 5 atom stereocenters. The van der Waals surface area contributed by atoms with Gasteiger partial charge in [-0.15, -0.1) is 0 Å². The van der Waals surface area contributed by atoms with Crippen LogP contribution in [0.4, 0.5) is 34.3 Å². The van der Waals surface area contributed by atoms with E-state index in [9.17, 15) is 9.00 Å². The molecule has 0 spiro atoms. The average molecular weight is 1120 g/mol. The van der Waals surface area contributed by atoms with E-state index in [1.165, 1.54) is 23.8 Å². The number of hydrogen-bond donors (Lipinski definition) is 4. The topological polar surface area (TPSA) is 264 Å². The molecule has 22 heteroatoms. The highest BCUT2D eigenvalue weighted by atomic mass is 32.2. The molecule has 0 fully saturated rings. The Balaban J connectivity index is 0.000000169. The summed E-state index contributed by atoms with van der Waals surface area (Å²) >= 11 is 0. The number of anilines is 5. The summed E-state index contributed by atoms with van der Waals surface area (Å²) in [5.41, 5.74) is 20.9. The number of ether oxygens (including phenoxy) is 1. The first-order valence-corrected chi connectivity index (χ1v) is 28.3. The molecule has 82 heavy (non-hydrogen) atoms. The van der Waals surface area contributed by atoms with Crippen molar-refractivity contribution in [1.29, 1.82) is 0 Å². The van der Waals surface area contributed by atoms with Crippen LogP contribution in [0, 0.1) is 0 Å². The van der Waals surface area contributed by atoms with Gasteiger partial charge in [0.1, 0.15) is 29.9 Å². The fraction of sp³-hybridized carbons (Fsp3) is 0.283. The SMILES string of the molecule is CN(c1ccnc(S(C)=O)n1)c1nc(-c2ccccc2)cc2ncnn12.C[C@@H](Cc1cccc([C@@H](C)N)c1)Nc1nccc(N(C)c2nc(-c3ccccc3)cc3ncnn23)n1.C[C@H](N)Cc1cccc([C@H](C)NC(=O)OC(C)(C)C)c1. The van der Waals surface area contributed by atoms with Crippen molar-refractivity contribution in [2.75, 3.05) is 35.5 Å². The molecule has 10 aromatic rings. The second kappa shape index (κ2) is 26.9. The van der Waals surface area contributed by atoms with E-state index in [1.54, 1.807) is 38.6 Å². The van der Waals surface area contributed by atoms with Crippen LogP contribution in [0.15, 0.2) is 164 Å². The van der Waals surface area contributed by atoms with Crippen LogP contribution >= 0.6 is 0 Å². The highest BCUT2D eigenvalue weighted by Gasteiger charge is 2.21. The molecule has 6 aromatic heterocycles. The number of nitrogens with one attached hydrogen (secondary N) is 2. The van der Waals surface area contributed by atoms with Gasteiger partial charge < -0.3 is 26.8 Å². The van der Waals surface area contributed by atoms with E-state index in [1.807, 2.05) is 164 Å². The molecule has 0 radical (unpaired) electrons. The van der Waals surface area contributed by atoms with E-state index in [0.29, 0.717) is 40.8 Å². The molecule has 0 bridgehead atoms. The molecular formula is C60H70N18O3S. The molecule has 6 heterocycles. The van der Waals surface area contributed by atoms with E-state index in [2.05, 4.69) is 76.9 Å². The molecule has 424 valence electrons. The summed E-state index contributed by atoms with van der Waals surface area (Å²) in [6.45, 7) is 13.6. The number of alkyl carbamates (subject to hydrolysis) is 1.